The Morgan fingerprint density at radius 3 is 2.21 bits per heavy atom. The number of hydrogen-bond donors (Lipinski definition) is 0. The first-order valence-electron chi connectivity index (χ1n) is 8.66. The van der Waals surface area contributed by atoms with E-state index < -0.39 is 0 Å². The molecule has 1 aliphatic heterocycles. The zero-order chi connectivity index (χ0) is 19.5. The van der Waals surface area contributed by atoms with Gasteiger partial charge in [-0.1, -0.05) is 36.0 Å². The van der Waals surface area contributed by atoms with Gasteiger partial charge < -0.3 is 9.47 Å². The van der Waals surface area contributed by atoms with Crippen molar-refractivity contribution in [2.75, 3.05) is 18.6 Å². The number of carbonyl (C=O) groups is 2. The summed E-state index contributed by atoms with van der Waals surface area (Å²) in [5.41, 5.74) is 2.15. The van der Waals surface area contributed by atoms with E-state index in [-0.39, 0.29) is 12.5 Å². The molecule has 1 aliphatic rings. The molecular weight excluding hydrogens is 374 g/mol. The molecule has 0 spiro atoms. The molecule has 0 N–H and O–H groups in total. The van der Waals surface area contributed by atoms with Crippen LogP contribution in [0.2, 0.25) is 0 Å². The molecule has 0 saturated carbocycles. The normalized spacial score (nSPS) is 12.0. The third kappa shape index (κ3) is 3.34. The molecule has 0 radical (unpaired) electrons. The Balaban J connectivity index is 1.62. The fraction of sp³-hybridized carbons (Fsp3) is 0.0909. The Morgan fingerprint density at radius 1 is 0.964 bits per heavy atom. The molecular formula is C22H17NO4S. The Hall–Kier alpha value is -3.25. The van der Waals surface area contributed by atoms with Crippen molar-refractivity contribution in [1.29, 1.82) is 0 Å². The molecule has 3 aromatic carbocycles. The topological polar surface area (TPSA) is 55.8 Å². The second-order valence-corrected chi connectivity index (χ2v) is 7.17. The summed E-state index contributed by atoms with van der Waals surface area (Å²) in [5, 5.41) is 0. The van der Waals surface area contributed by atoms with Crippen molar-refractivity contribution in [2.24, 2.45) is 0 Å². The van der Waals surface area contributed by atoms with Gasteiger partial charge in [-0.05, 0) is 42.5 Å². The average Bonchev–Trinajstić information content (AvgIpc) is 2.75. The van der Waals surface area contributed by atoms with Crippen LogP contribution in [-0.2, 0) is 4.79 Å². The number of fused-ring (bicyclic) bond motifs is 2. The predicted octanol–water partition coefficient (Wildman–Crippen LogP) is 4.72. The van der Waals surface area contributed by atoms with Crippen molar-refractivity contribution in [1.82, 2.24) is 0 Å². The standard InChI is InChI=1S/C22H17NO4S/c1-26-19-12-15(13-24)10-11-18(19)27-14-22(25)23-16-6-2-4-8-20(16)28-21-9-5-3-7-17(21)23/h2-13H,14H2,1H3. The SMILES string of the molecule is COc1cc(C=O)ccc1OCC(=O)N1c2ccccc2Sc2ccccc21. The van der Waals surface area contributed by atoms with Crippen LogP contribution in [0, 0.1) is 0 Å². The third-order valence-corrected chi connectivity index (χ3v) is 5.49. The number of benzene rings is 3. The van der Waals surface area contributed by atoms with Crippen LogP contribution in [0.25, 0.3) is 0 Å². The maximum Gasteiger partial charge on any atom is 0.269 e. The molecule has 0 saturated heterocycles. The van der Waals surface area contributed by atoms with Crippen molar-refractivity contribution in [3.8, 4) is 11.5 Å². The highest BCUT2D eigenvalue weighted by Crippen LogP contribution is 2.47. The van der Waals surface area contributed by atoms with E-state index in [1.807, 2.05) is 48.5 Å². The minimum atomic E-state index is -0.193. The summed E-state index contributed by atoms with van der Waals surface area (Å²) in [7, 11) is 1.49. The summed E-state index contributed by atoms with van der Waals surface area (Å²) in [5.74, 6) is 0.628. The molecule has 0 aromatic heterocycles. The van der Waals surface area contributed by atoms with Gasteiger partial charge in [0.2, 0.25) is 0 Å². The van der Waals surface area contributed by atoms with Crippen molar-refractivity contribution in [3.05, 3.63) is 72.3 Å². The van der Waals surface area contributed by atoms with Gasteiger partial charge in [-0.2, -0.15) is 0 Å². The summed E-state index contributed by atoms with van der Waals surface area (Å²) in [6.45, 7) is -0.163. The van der Waals surface area contributed by atoms with E-state index in [2.05, 4.69) is 0 Å². The van der Waals surface area contributed by atoms with E-state index >= 15 is 0 Å². The number of rotatable bonds is 5. The van der Waals surface area contributed by atoms with E-state index in [1.165, 1.54) is 7.11 Å². The Morgan fingerprint density at radius 2 is 1.61 bits per heavy atom. The monoisotopic (exact) mass is 391 g/mol. The first-order chi connectivity index (χ1) is 13.7. The lowest BCUT2D eigenvalue weighted by Crippen LogP contribution is -2.32. The van der Waals surface area contributed by atoms with Crippen LogP contribution in [0.15, 0.2) is 76.5 Å². The van der Waals surface area contributed by atoms with E-state index in [1.54, 1.807) is 34.9 Å². The summed E-state index contributed by atoms with van der Waals surface area (Å²) in [6.07, 6.45) is 0.733. The lowest BCUT2D eigenvalue weighted by molar-refractivity contribution is -0.119. The highest BCUT2D eigenvalue weighted by Gasteiger charge is 2.28. The Kier molecular flexibility index (Phi) is 5.04. The van der Waals surface area contributed by atoms with Crippen molar-refractivity contribution >= 4 is 35.3 Å². The van der Waals surface area contributed by atoms with Crippen LogP contribution in [-0.4, -0.2) is 25.9 Å². The molecule has 28 heavy (non-hydrogen) atoms. The summed E-state index contributed by atoms with van der Waals surface area (Å²) in [6, 6.07) is 20.4. The Labute approximate surface area is 166 Å². The minimum Gasteiger partial charge on any atom is -0.493 e. The molecule has 4 rings (SSSR count). The third-order valence-electron chi connectivity index (χ3n) is 4.36. The summed E-state index contributed by atoms with van der Waals surface area (Å²) >= 11 is 1.64. The number of aldehydes is 1. The van der Waals surface area contributed by atoms with Gasteiger partial charge in [0, 0.05) is 15.4 Å². The maximum absolute atomic E-state index is 13.1. The van der Waals surface area contributed by atoms with Crippen LogP contribution in [0.5, 0.6) is 11.5 Å². The molecule has 6 heteroatoms. The van der Waals surface area contributed by atoms with Crippen LogP contribution >= 0.6 is 11.8 Å². The number of methoxy groups -OCH3 is 1. The zero-order valence-corrected chi connectivity index (χ0v) is 15.9. The second-order valence-electron chi connectivity index (χ2n) is 6.08. The fourth-order valence-electron chi connectivity index (χ4n) is 3.05. The van der Waals surface area contributed by atoms with Gasteiger partial charge in [0.25, 0.3) is 5.91 Å². The van der Waals surface area contributed by atoms with E-state index in [9.17, 15) is 9.59 Å². The maximum atomic E-state index is 13.1. The molecule has 0 atom stereocenters. The van der Waals surface area contributed by atoms with Gasteiger partial charge in [-0.3, -0.25) is 14.5 Å². The minimum absolute atomic E-state index is 0.163. The van der Waals surface area contributed by atoms with Crippen LogP contribution in [0.3, 0.4) is 0 Å². The van der Waals surface area contributed by atoms with E-state index in [4.69, 9.17) is 9.47 Å². The molecule has 0 bridgehead atoms. The molecule has 1 heterocycles. The lowest BCUT2D eigenvalue weighted by atomic mass is 10.2. The molecule has 0 unspecified atom stereocenters. The summed E-state index contributed by atoms with van der Waals surface area (Å²) in [4.78, 5) is 27.8. The molecule has 5 nitrogen and oxygen atoms in total. The largest absolute Gasteiger partial charge is 0.493 e. The number of ether oxygens (including phenoxy) is 2. The highest BCUT2D eigenvalue weighted by molar-refractivity contribution is 7.99. The molecule has 0 aliphatic carbocycles. The van der Waals surface area contributed by atoms with Crippen LogP contribution < -0.4 is 14.4 Å². The van der Waals surface area contributed by atoms with Crippen molar-refractivity contribution < 1.29 is 19.1 Å². The predicted molar refractivity (Wildman–Crippen MR) is 108 cm³/mol. The van der Waals surface area contributed by atoms with Gasteiger partial charge >= 0.3 is 0 Å². The molecule has 140 valence electrons. The molecule has 0 fully saturated rings. The molecule has 1 amide bonds. The number of amides is 1. The number of para-hydroxylation sites is 2. The molecule has 3 aromatic rings. The van der Waals surface area contributed by atoms with Gasteiger partial charge in [0.05, 0.1) is 18.5 Å². The van der Waals surface area contributed by atoms with Crippen molar-refractivity contribution in [2.45, 2.75) is 9.79 Å². The van der Waals surface area contributed by atoms with Gasteiger partial charge in [0.15, 0.2) is 18.1 Å². The number of carbonyl (C=O) groups excluding carboxylic acids is 2. The second kappa shape index (κ2) is 7.78. The van der Waals surface area contributed by atoms with Gasteiger partial charge in [0.1, 0.15) is 6.29 Å². The lowest BCUT2D eigenvalue weighted by Gasteiger charge is -2.31. The zero-order valence-electron chi connectivity index (χ0n) is 15.1. The smallest absolute Gasteiger partial charge is 0.269 e. The number of anilines is 2. The van der Waals surface area contributed by atoms with E-state index in [0.29, 0.717) is 17.1 Å². The van der Waals surface area contributed by atoms with Crippen LogP contribution in [0.1, 0.15) is 10.4 Å². The Bertz CT molecular complexity index is 1000. The fourth-order valence-corrected chi connectivity index (χ4v) is 4.11. The van der Waals surface area contributed by atoms with Gasteiger partial charge in [-0.15, -0.1) is 0 Å². The van der Waals surface area contributed by atoms with Crippen molar-refractivity contribution in [3.63, 3.8) is 0 Å². The number of nitrogens with zero attached hydrogens (tertiary/aromatic N) is 1. The van der Waals surface area contributed by atoms with Gasteiger partial charge in [-0.25, -0.2) is 0 Å². The van der Waals surface area contributed by atoms with Crippen LogP contribution in [0.4, 0.5) is 11.4 Å². The average molecular weight is 391 g/mol. The number of hydrogen-bond acceptors (Lipinski definition) is 5. The highest BCUT2D eigenvalue weighted by atomic mass is 32.2. The quantitative estimate of drug-likeness (QED) is 0.589. The first kappa shape index (κ1) is 18.1. The van der Waals surface area contributed by atoms with E-state index in [0.717, 1.165) is 27.5 Å². The summed E-state index contributed by atoms with van der Waals surface area (Å²) < 4.78 is 11.0. The first-order valence-corrected chi connectivity index (χ1v) is 9.48.